The van der Waals surface area contributed by atoms with Crippen LogP contribution >= 0.6 is 0 Å². The van der Waals surface area contributed by atoms with Crippen molar-refractivity contribution >= 4 is 0 Å². The van der Waals surface area contributed by atoms with E-state index in [1.54, 1.807) is 0 Å². The number of nitrogens with zero attached hydrogens (tertiary/aromatic N) is 1. The molecule has 0 radical (unpaired) electrons. The van der Waals surface area contributed by atoms with E-state index in [9.17, 15) is 5.11 Å². The fourth-order valence-corrected chi connectivity index (χ4v) is 2.27. The Morgan fingerprint density at radius 1 is 1.50 bits per heavy atom. The van der Waals surface area contributed by atoms with Gasteiger partial charge in [0.2, 0.25) is 0 Å². The molecule has 0 aliphatic carbocycles. The average molecular weight is 200 g/mol. The van der Waals surface area contributed by atoms with E-state index in [1.807, 2.05) is 0 Å². The third-order valence-corrected chi connectivity index (χ3v) is 3.12. The molecule has 1 saturated heterocycles. The zero-order valence-corrected chi connectivity index (χ0v) is 9.28. The Morgan fingerprint density at radius 3 is 2.93 bits per heavy atom. The Balaban J connectivity index is 2.29. The van der Waals surface area contributed by atoms with Crippen LogP contribution in [0.15, 0.2) is 0 Å². The Hall–Kier alpha value is -0.120. The van der Waals surface area contributed by atoms with Crippen LogP contribution in [0.5, 0.6) is 0 Å². The van der Waals surface area contributed by atoms with E-state index in [0.29, 0.717) is 5.92 Å². The number of aliphatic hydroxyl groups is 1. The molecule has 3 heteroatoms. The minimum absolute atomic E-state index is 0.0657. The van der Waals surface area contributed by atoms with Crippen LogP contribution in [0.3, 0.4) is 0 Å². The van der Waals surface area contributed by atoms with E-state index in [2.05, 4.69) is 11.8 Å². The van der Waals surface area contributed by atoms with Gasteiger partial charge in [-0.3, -0.25) is 0 Å². The molecule has 1 aliphatic rings. The first-order valence-electron chi connectivity index (χ1n) is 5.88. The van der Waals surface area contributed by atoms with Gasteiger partial charge < -0.3 is 15.7 Å². The van der Waals surface area contributed by atoms with Crippen molar-refractivity contribution in [2.24, 2.45) is 11.7 Å². The molecule has 1 aliphatic heterocycles. The lowest BCUT2D eigenvalue weighted by molar-refractivity contribution is 0.0226. The van der Waals surface area contributed by atoms with E-state index in [0.717, 1.165) is 45.4 Å². The van der Waals surface area contributed by atoms with Crippen molar-refractivity contribution in [3.63, 3.8) is 0 Å². The van der Waals surface area contributed by atoms with Crippen LogP contribution in [-0.2, 0) is 0 Å². The molecule has 0 saturated carbocycles. The van der Waals surface area contributed by atoms with Gasteiger partial charge in [0, 0.05) is 13.1 Å². The molecular weight excluding hydrogens is 176 g/mol. The predicted molar refractivity (Wildman–Crippen MR) is 59.1 cm³/mol. The van der Waals surface area contributed by atoms with Crippen molar-refractivity contribution in [2.45, 2.75) is 38.7 Å². The first-order valence-corrected chi connectivity index (χ1v) is 5.88. The molecule has 14 heavy (non-hydrogen) atoms. The average Bonchev–Trinajstić information content (AvgIpc) is 2.19. The summed E-state index contributed by atoms with van der Waals surface area (Å²) in [6.45, 7) is 6.17. The van der Waals surface area contributed by atoms with E-state index in [4.69, 9.17) is 5.73 Å². The van der Waals surface area contributed by atoms with Crippen LogP contribution in [0.4, 0.5) is 0 Å². The monoisotopic (exact) mass is 200 g/mol. The van der Waals surface area contributed by atoms with Crippen molar-refractivity contribution in [3.05, 3.63) is 0 Å². The lowest BCUT2D eigenvalue weighted by Crippen LogP contribution is -2.43. The number of rotatable bonds is 5. The molecule has 0 aromatic rings. The SMILES string of the molecule is CCC[C@@H]1CN(CCCN)CC[C@@H]1O. The fraction of sp³-hybridized carbons (Fsp3) is 1.00. The van der Waals surface area contributed by atoms with Crippen LogP contribution in [0.1, 0.15) is 32.6 Å². The highest BCUT2D eigenvalue weighted by atomic mass is 16.3. The smallest absolute Gasteiger partial charge is 0.0592 e. The number of aliphatic hydroxyl groups excluding tert-OH is 1. The topological polar surface area (TPSA) is 49.5 Å². The lowest BCUT2D eigenvalue weighted by atomic mass is 9.91. The molecule has 3 N–H and O–H groups in total. The van der Waals surface area contributed by atoms with Gasteiger partial charge in [-0.25, -0.2) is 0 Å². The van der Waals surface area contributed by atoms with Crippen molar-refractivity contribution in [2.75, 3.05) is 26.2 Å². The normalized spacial score (nSPS) is 29.4. The van der Waals surface area contributed by atoms with Crippen molar-refractivity contribution in [1.29, 1.82) is 0 Å². The number of nitrogens with two attached hydrogens (primary N) is 1. The largest absolute Gasteiger partial charge is 0.393 e. The molecule has 3 nitrogen and oxygen atoms in total. The molecule has 0 aromatic carbocycles. The molecule has 1 fully saturated rings. The summed E-state index contributed by atoms with van der Waals surface area (Å²) in [5, 5.41) is 9.79. The van der Waals surface area contributed by atoms with Gasteiger partial charge in [0.25, 0.3) is 0 Å². The second-order valence-corrected chi connectivity index (χ2v) is 4.35. The summed E-state index contributed by atoms with van der Waals surface area (Å²) in [5.74, 6) is 0.492. The maximum Gasteiger partial charge on any atom is 0.0592 e. The van der Waals surface area contributed by atoms with Crippen molar-refractivity contribution in [1.82, 2.24) is 4.90 Å². The quantitative estimate of drug-likeness (QED) is 0.691. The Morgan fingerprint density at radius 2 is 2.29 bits per heavy atom. The maximum absolute atomic E-state index is 9.79. The first-order chi connectivity index (χ1) is 6.77. The molecule has 84 valence electrons. The summed E-state index contributed by atoms with van der Waals surface area (Å²) in [5.41, 5.74) is 5.49. The first kappa shape index (κ1) is 12.0. The van der Waals surface area contributed by atoms with Crippen LogP contribution in [0, 0.1) is 5.92 Å². The minimum Gasteiger partial charge on any atom is -0.393 e. The third-order valence-electron chi connectivity index (χ3n) is 3.12. The van der Waals surface area contributed by atoms with Crippen LogP contribution < -0.4 is 5.73 Å². The predicted octanol–water partition coefficient (Wildman–Crippen LogP) is 0.818. The summed E-state index contributed by atoms with van der Waals surface area (Å²) >= 11 is 0. The van der Waals surface area contributed by atoms with E-state index < -0.39 is 0 Å². The second kappa shape index (κ2) is 6.38. The molecular formula is C11H24N2O. The zero-order valence-electron chi connectivity index (χ0n) is 9.28. The third kappa shape index (κ3) is 3.56. The van der Waals surface area contributed by atoms with Gasteiger partial charge in [-0.15, -0.1) is 0 Å². The molecule has 1 heterocycles. The number of hydrogen-bond donors (Lipinski definition) is 2. The molecule has 2 atom stereocenters. The molecule has 0 amide bonds. The highest BCUT2D eigenvalue weighted by Gasteiger charge is 2.26. The van der Waals surface area contributed by atoms with Gasteiger partial charge in [-0.1, -0.05) is 13.3 Å². The molecule has 0 unspecified atom stereocenters. The fourth-order valence-electron chi connectivity index (χ4n) is 2.27. The maximum atomic E-state index is 9.79. The summed E-state index contributed by atoms with van der Waals surface area (Å²) < 4.78 is 0. The molecule has 1 rings (SSSR count). The number of piperidine rings is 1. The second-order valence-electron chi connectivity index (χ2n) is 4.35. The van der Waals surface area contributed by atoms with Crippen molar-refractivity contribution < 1.29 is 5.11 Å². The van der Waals surface area contributed by atoms with E-state index >= 15 is 0 Å². The van der Waals surface area contributed by atoms with Crippen LogP contribution in [0.2, 0.25) is 0 Å². The van der Waals surface area contributed by atoms with Gasteiger partial charge in [0.15, 0.2) is 0 Å². The van der Waals surface area contributed by atoms with Crippen LogP contribution in [0.25, 0.3) is 0 Å². The summed E-state index contributed by atoms with van der Waals surface area (Å²) in [4.78, 5) is 2.44. The number of hydrogen-bond acceptors (Lipinski definition) is 3. The summed E-state index contributed by atoms with van der Waals surface area (Å²) in [6.07, 6.45) is 4.28. The van der Waals surface area contributed by atoms with Gasteiger partial charge in [-0.05, 0) is 38.3 Å². The van der Waals surface area contributed by atoms with Crippen molar-refractivity contribution in [3.8, 4) is 0 Å². The summed E-state index contributed by atoms with van der Waals surface area (Å²) in [6, 6.07) is 0. The Labute approximate surface area is 87.3 Å². The number of likely N-dealkylation sites (tertiary alicyclic amines) is 1. The summed E-state index contributed by atoms with van der Waals surface area (Å²) in [7, 11) is 0. The minimum atomic E-state index is -0.0657. The van der Waals surface area contributed by atoms with E-state index in [-0.39, 0.29) is 6.10 Å². The molecule has 0 spiro atoms. The highest BCUT2D eigenvalue weighted by molar-refractivity contribution is 4.79. The Kier molecular flexibility index (Phi) is 5.45. The zero-order chi connectivity index (χ0) is 10.4. The Bertz CT molecular complexity index is 150. The van der Waals surface area contributed by atoms with Gasteiger partial charge in [0.1, 0.15) is 0 Å². The standard InChI is InChI=1S/C11H24N2O/c1-2-4-10-9-13(7-3-6-12)8-5-11(10)14/h10-11,14H,2-9,12H2,1H3/t10-,11+/m1/s1. The van der Waals surface area contributed by atoms with Gasteiger partial charge >= 0.3 is 0 Å². The highest BCUT2D eigenvalue weighted by Crippen LogP contribution is 2.21. The lowest BCUT2D eigenvalue weighted by Gasteiger charge is -2.36. The molecule has 0 bridgehead atoms. The van der Waals surface area contributed by atoms with Gasteiger partial charge in [0.05, 0.1) is 6.10 Å². The van der Waals surface area contributed by atoms with E-state index in [1.165, 1.54) is 6.42 Å². The van der Waals surface area contributed by atoms with Crippen LogP contribution in [-0.4, -0.2) is 42.3 Å². The van der Waals surface area contributed by atoms with Gasteiger partial charge in [-0.2, -0.15) is 0 Å². The molecule has 0 aromatic heterocycles.